The smallest absolute Gasteiger partial charge is 0.258 e. The Morgan fingerprint density at radius 1 is 1.17 bits per heavy atom. The third-order valence-electron chi connectivity index (χ3n) is 3.00. The first-order valence-corrected chi connectivity index (χ1v) is 9.05. The van der Waals surface area contributed by atoms with Gasteiger partial charge in [-0.2, -0.15) is 0 Å². The summed E-state index contributed by atoms with van der Waals surface area (Å²) in [7, 11) is -3.24. The van der Waals surface area contributed by atoms with Crippen LogP contribution in [0.5, 0.6) is 5.75 Å². The molecule has 2 aromatic rings. The number of benzene rings is 2. The molecule has 0 spiro atoms. The zero-order valence-corrected chi connectivity index (χ0v) is 14.0. The molecule has 0 aliphatic carbocycles. The SMILES string of the molecule is CS(=O)(=O)c1ccc(OCC(=O)NCc2cccc(Cl)c2)cc1. The highest BCUT2D eigenvalue weighted by molar-refractivity contribution is 7.90. The van der Waals surface area contributed by atoms with E-state index in [9.17, 15) is 13.2 Å². The maximum absolute atomic E-state index is 11.7. The molecule has 0 aliphatic rings. The van der Waals surface area contributed by atoms with Crippen molar-refractivity contribution in [2.45, 2.75) is 11.4 Å². The van der Waals surface area contributed by atoms with E-state index in [1.54, 1.807) is 12.1 Å². The molecule has 23 heavy (non-hydrogen) atoms. The monoisotopic (exact) mass is 353 g/mol. The lowest BCUT2D eigenvalue weighted by molar-refractivity contribution is -0.123. The van der Waals surface area contributed by atoms with E-state index in [1.165, 1.54) is 24.3 Å². The van der Waals surface area contributed by atoms with Crippen molar-refractivity contribution in [1.29, 1.82) is 0 Å². The molecular weight excluding hydrogens is 338 g/mol. The molecular formula is C16H16ClNO4S. The van der Waals surface area contributed by atoms with Crippen LogP contribution in [0.15, 0.2) is 53.4 Å². The average molecular weight is 354 g/mol. The molecule has 0 unspecified atom stereocenters. The Morgan fingerprint density at radius 2 is 1.87 bits per heavy atom. The second kappa shape index (κ2) is 7.48. The summed E-state index contributed by atoms with van der Waals surface area (Å²) >= 11 is 5.87. The van der Waals surface area contributed by atoms with Crippen molar-refractivity contribution in [3.63, 3.8) is 0 Å². The Labute approximate surface area is 140 Å². The summed E-state index contributed by atoms with van der Waals surface area (Å²) in [6.07, 6.45) is 1.13. The topological polar surface area (TPSA) is 72.5 Å². The van der Waals surface area contributed by atoms with Gasteiger partial charge in [-0.1, -0.05) is 23.7 Å². The minimum atomic E-state index is -3.24. The first-order chi connectivity index (χ1) is 10.8. The van der Waals surface area contributed by atoms with Gasteiger partial charge < -0.3 is 10.1 Å². The van der Waals surface area contributed by atoms with E-state index in [4.69, 9.17) is 16.3 Å². The molecule has 0 bridgehead atoms. The zero-order valence-electron chi connectivity index (χ0n) is 12.5. The van der Waals surface area contributed by atoms with Gasteiger partial charge in [-0.3, -0.25) is 4.79 Å². The summed E-state index contributed by atoms with van der Waals surface area (Å²) in [6, 6.07) is 13.1. The molecule has 0 saturated carbocycles. The van der Waals surface area contributed by atoms with Crippen LogP contribution in [0.2, 0.25) is 5.02 Å². The predicted molar refractivity (Wildman–Crippen MR) is 88.3 cm³/mol. The molecule has 5 nitrogen and oxygen atoms in total. The zero-order chi connectivity index (χ0) is 16.9. The highest BCUT2D eigenvalue weighted by Crippen LogP contribution is 2.15. The molecule has 2 aromatic carbocycles. The second-order valence-electron chi connectivity index (χ2n) is 4.94. The van der Waals surface area contributed by atoms with Gasteiger partial charge in [0.2, 0.25) is 0 Å². The van der Waals surface area contributed by atoms with Gasteiger partial charge in [0.1, 0.15) is 5.75 Å². The maximum Gasteiger partial charge on any atom is 0.258 e. The minimum absolute atomic E-state index is 0.154. The number of amides is 1. The quantitative estimate of drug-likeness (QED) is 0.865. The number of hydrogen-bond acceptors (Lipinski definition) is 4. The minimum Gasteiger partial charge on any atom is -0.484 e. The van der Waals surface area contributed by atoms with Crippen LogP contribution >= 0.6 is 11.6 Å². The number of rotatable bonds is 6. The normalized spacial score (nSPS) is 11.0. The largest absolute Gasteiger partial charge is 0.484 e. The number of carbonyl (C=O) groups excluding carboxylic acids is 1. The van der Waals surface area contributed by atoms with Gasteiger partial charge in [0.25, 0.3) is 5.91 Å². The fourth-order valence-electron chi connectivity index (χ4n) is 1.83. The van der Waals surface area contributed by atoms with Gasteiger partial charge in [0, 0.05) is 17.8 Å². The molecule has 0 aliphatic heterocycles. The van der Waals surface area contributed by atoms with Gasteiger partial charge >= 0.3 is 0 Å². The molecule has 0 aromatic heterocycles. The van der Waals surface area contributed by atoms with Gasteiger partial charge in [-0.15, -0.1) is 0 Å². The fraction of sp³-hybridized carbons (Fsp3) is 0.188. The first-order valence-electron chi connectivity index (χ1n) is 6.79. The summed E-state index contributed by atoms with van der Waals surface area (Å²) in [6.45, 7) is 0.203. The summed E-state index contributed by atoms with van der Waals surface area (Å²) in [4.78, 5) is 11.9. The van der Waals surface area contributed by atoms with Crippen LogP contribution in [0.1, 0.15) is 5.56 Å². The standard InChI is InChI=1S/C16H16ClNO4S/c1-23(20,21)15-7-5-14(6-8-15)22-11-16(19)18-10-12-3-2-4-13(17)9-12/h2-9H,10-11H2,1H3,(H,18,19). The Morgan fingerprint density at radius 3 is 2.48 bits per heavy atom. The lowest BCUT2D eigenvalue weighted by Crippen LogP contribution is -2.28. The van der Waals surface area contributed by atoms with Crippen LogP contribution in [0, 0.1) is 0 Å². The summed E-state index contributed by atoms with van der Waals surface area (Å²) in [5, 5.41) is 3.32. The van der Waals surface area contributed by atoms with E-state index in [0.717, 1.165) is 11.8 Å². The van der Waals surface area contributed by atoms with Gasteiger partial charge in [-0.05, 0) is 42.0 Å². The highest BCUT2D eigenvalue weighted by atomic mass is 35.5. The van der Waals surface area contributed by atoms with Crippen molar-refractivity contribution in [2.75, 3.05) is 12.9 Å². The highest BCUT2D eigenvalue weighted by Gasteiger charge is 2.07. The van der Waals surface area contributed by atoms with Crippen LogP contribution in [-0.4, -0.2) is 27.2 Å². The van der Waals surface area contributed by atoms with Crippen molar-refractivity contribution >= 4 is 27.3 Å². The predicted octanol–water partition coefficient (Wildman–Crippen LogP) is 2.44. The van der Waals surface area contributed by atoms with Crippen molar-refractivity contribution < 1.29 is 17.9 Å². The van der Waals surface area contributed by atoms with Crippen molar-refractivity contribution in [2.24, 2.45) is 0 Å². The number of ether oxygens (including phenoxy) is 1. The van der Waals surface area contributed by atoms with Crippen LogP contribution in [-0.2, 0) is 21.2 Å². The molecule has 122 valence electrons. The molecule has 2 rings (SSSR count). The van der Waals surface area contributed by atoms with E-state index in [1.807, 2.05) is 12.1 Å². The van der Waals surface area contributed by atoms with Crippen LogP contribution in [0.3, 0.4) is 0 Å². The molecule has 1 N–H and O–H groups in total. The number of hydrogen-bond donors (Lipinski definition) is 1. The summed E-state index contributed by atoms with van der Waals surface area (Å²) in [5.41, 5.74) is 0.892. The van der Waals surface area contributed by atoms with Crippen molar-refractivity contribution in [1.82, 2.24) is 5.32 Å². The molecule has 0 atom stereocenters. The average Bonchev–Trinajstić information content (AvgIpc) is 2.50. The number of sulfone groups is 1. The van der Waals surface area contributed by atoms with Crippen LogP contribution in [0.25, 0.3) is 0 Å². The summed E-state index contributed by atoms with van der Waals surface area (Å²) < 4.78 is 28.0. The molecule has 0 heterocycles. The maximum atomic E-state index is 11.7. The third-order valence-corrected chi connectivity index (χ3v) is 4.36. The molecule has 0 radical (unpaired) electrons. The lowest BCUT2D eigenvalue weighted by atomic mass is 10.2. The van der Waals surface area contributed by atoms with Gasteiger partial charge in [0.15, 0.2) is 16.4 Å². The van der Waals surface area contributed by atoms with Crippen LogP contribution < -0.4 is 10.1 Å². The molecule has 7 heteroatoms. The molecule has 1 amide bonds. The lowest BCUT2D eigenvalue weighted by Gasteiger charge is -2.08. The first kappa shape index (κ1) is 17.3. The fourth-order valence-corrected chi connectivity index (χ4v) is 2.67. The van der Waals surface area contributed by atoms with Crippen LogP contribution in [0.4, 0.5) is 0 Å². The second-order valence-corrected chi connectivity index (χ2v) is 7.39. The number of nitrogens with one attached hydrogen (secondary N) is 1. The Kier molecular flexibility index (Phi) is 5.63. The van der Waals surface area contributed by atoms with E-state index >= 15 is 0 Å². The number of carbonyl (C=O) groups is 1. The molecule has 0 saturated heterocycles. The van der Waals surface area contributed by atoms with E-state index in [-0.39, 0.29) is 17.4 Å². The summed E-state index contributed by atoms with van der Waals surface area (Å²) in [5.74, 6) is 0.146. The Bertz CT molecular complexity index is 788. The van der Waals surface area contributed by atoms with E-state index in [0.29, 0.717) is 17.3 Å². The van der Waals surface area contributed by atoms with Gasteiger partial charge in [0.05, 0.1) is 4.90 Å². The Balaban J connectivity index is 1.82. The molecule has 0 fully saturated rings. The van der Waals surface area contributed by atoms with E-state index < -0.39 is 9.84 Å². The van der Waals surface area contributed by atoms with E-state index in [2.05, 4.69) is 5.32 Å². The van der Waals surface area contributed by atoms with Crippen molar-refractivity contribution in [3.05, 3.63) is 59.1 Å². The van der Waals surface area contributed by atoms with Gasteiger partial charge in [-0.25, -0.2) is 8.42 Å². The Hall–Kier alpha value is -2.05. The number of halogens is 1. The van der Waals surface area contributed by atoms with Crippen molar-refractivity contribution in [3.8, 4) is 5.75 Å². The third kappa shape index (κ3) is 5.58.